The number of halogens is 1. The number of likely N-dealkylation sites (tertiary alicyclic amines) is 1. The highest BCUT2D eigenvalue weighted by Crippen LogP contribution is 2.08. The number of piperidine rings is 1. The van der Waals surface area contributed by atoms with Crippen molar-refractivity contribution in [1.29, 1.82) is 0 Å². The number of nitrogens with one attached hydrogen (secondary N) is 2. The summed E-state index contributed by atoms with van der Waals surface area (Å²) in [5.74, 6) is 1.68. The molecule has 0 bridgehead atoms. The second-order valence-corrected chi connectivity index (χ2v) is 6.45. The molecule has 0 radical (unpaired) electrons. The third-order valence-electron chi connectivity index (χ3n) is 3.93. The van der Waals surface area contributed by atoms with E-state index in [1.807, 2.05) is 11.8 Å². The van der Waals surface area contributed by atoms with E-state index >= 15 is 0 Å². The Labute approximate surface area is 159 Å². The van der Waals surface area contributed by atoms with Gasteiger partial charge in [0.05, 0.1) is 0 Å². The summed E-state index contributed by atoms with van der Waals surface area (Å²) in [7, 11) is 0. The van der Waals surface area contributed by atoms with E-state index in [9.17, 15) is 4.79 Å². The third-order valence-corrected chi connectivity index (χ3v) is 3.93. The molecule has 5 nitrogen and oxygen atoms in total. The standard InChI is InChI=1S/C17H34N4O.HI/c1-4-18-17(19-11-7-6-10-15(2)3)20-14-16(22)21-12-8-5-9-13-21;/h15H,4-14H2,1-3H3,(H2,18,19,20);1H. The van der Waals surface area contributed by atoms with Gasteiger partial charge in [-0.1, -0.05) is 26.7 Å². The zero-order valence-corrected chi connectivity index (χ0v) is 17.4. The van der Waals surface area contributed by atoms with Gasteiger partial charge < -0.3 is 15.5 Å². The van der Waals surface area contributed by atoms with Crippen molar-refractivity contribution in [2.75, 3.05) is 32.7 Å². The van der Waals surface area contributed by atoms with E-state index in [1.165, 1.54) is 19.3 Å². The van der Waals surface area contributed by atoms with Crippen molar-refractivity contribution in [2.45, 2.75) is 59.3 Å². The van der Waals surface area contributed by atoms with Crippen molar-refractivity contribution in [1.82, 2.24) is 15.5 Å². The number of amides is 1. The van der Waals surface area contributed by atoms with Crippen LogP contribution in [0.4, 0.5) is 0 Å². The minimum absolute atomic E-state index is 0. The molecule has 1 amide bonds. The molecular formula is C17H35IN4O. The van der Waals surface area contributed by atoms with Crippen LogP contribution in [0.5, 0.6) is 0 Å². The largest absolute Gasteiger partial charge is 0.357 e. The second-order valence-electron chi connectivity index (χ2n) is 6.45. The highest BCUT2D eigenvalue weighted by atomic mass is 127. The molecule has 1 rings (SSSR count). The minimum Gasteiger partial charge on any atom is -0.357 e. The van der Waals surface area contributed by atoms with Crippen molar-refractivity contribution >= 4 is 35.8 Å². The fraction of sp³-hybridized carbons (Fsp3) is 0.882. The van der Waals surface area contributed by atoms with Crippen molar-refractivity contribution in [2.24, 2.45) is 10.9 Å². The Hall–Kier alpha value is -0.530. The first-order chi connectivity index (χ1) is 10.6. The minimum atomic E-state index is 0. The molecule has 0 aromatic carbocycles. The van der Waals surface area contributed by atoms with Gasteiger partial charge in [-0.15, -0.1) is 24.0 Å². The topological polar surface area (TPSA) is 56.7 Å². The molecule has 1 saturated heterocycles. The maximum absolute atomic E-state index is 12.1. The Bertz CT molecular complexity index is 341. The van der Waals surface area contributed by atoms with E-state index in [4.69, 9.17) is 0 Å². The van der Waals surface area contributed by atoms with Gasteiger partial charge in [0.15, 0.2) is 5.96 Å². The maximum Gasteiger partial charge on any atom is 0.244 e. The highest BCUT2D eigenvalue weighted by Gasteiger charge is 2.15. The highest BCUT2D eigenvalue weighted by molar-refractivity contribution is 14.0. The Morgan fingerprint density at radius 2 is 1.83 bits per heavy atom. The summed E-state index contributed by atoms with van der Waals surface area (Å²) in [5.41, 5.74) is 0. The number of carbonyl (C=O) groups is 1. The monoisotopic (exact) mass is 438 g/mol. The van der Waals surface area contributed by atoms with E-state index < -0.39 is 0 Å². The smallest absolute Gasteiger partial charge is 0.244 e. The molecule has 2 N–H and O–H groups in total. The Morgan fingerprint density at radius 3 is 2.43 bits per heavy atom. The molecule has 1 heterocycles. The Kier molecular flexibility index (Phi) is 13.5. The lowest BCUT2D eigenvalue weighted by molar-refractivity contribution is -0.130. The van der Waals surface area contributed by atoms with Gasteiger partial charge in [-0.3, -0.25) is 4.79 Å². The van der Waals surface area contributed by atoms with Gasteiger partial charge in [0.2, 0.25) is 5.91 Å². The molecule has 6 heteroatoms. The van der Waals surface area contributed by atoms with Crippen LogP contribution in [0, 0.1) is 5.92 Å². The van der Waals surface area contributed by atoms with Crippen LogP contribution >= 0.6 is 24.0 Å². The van der Waals surface area contributed by atoms with Crippen LogP contribution in [0.25, 0.3) is 0 Å². The normalized spacial score (nSPS) is 15.3. The fourth-order valence-corrected chi connectivity index (χ4v) is 2.62. The van der Waals surface area contributed by atoms with Gasteiger partial charge in [-0.05, 0) is 38.5 Å². The van der Waals surface area contributed by atoms with E-state index in [0.717, 1.165) is 57.3 Å². The number of unbranched alkanes of at least 4 members (excludes halogenated alkanes) is 1. The predicted molar refractivity (Wildman–Crippen MR) is 109 cm³/mol. The summed E-state index contributed by atoms with van der Waals surface area (Å²) in [4.78, 5) is 18.5. The summed E-state index contributed by atoms with van der Waals surface area (Å²) in [6.45, 7) is 10.3. The van der Waals surface area contributed by atoms with Gasteiger partial charge >= 0.3 is 0 Å². The van der Waals surface area contributed by atoms with Crippen LogP contribution in [-0.4, -0.2) is 49.5 Å². The first kappa shape index (κ1) is 22.5. The van der Waals surface area contributed by atoms with Crippen molar-refractivity contribution in [3.05, 3.63) is 0 Å². The van der Waals surface area contributed by atoms with Gasteiger partial charge in [0.1, 0.15) is 6.54 Å². The Morgan fingerprint density at radius 1 is 1.13 bits per heavy atom. The lowest BCUT2D eigenvalue weighted by atomic mass is 10.1. The molecular weight excluding hydrogens is 403 g/mol. The molecule has 1 fully saturated rings. The first-order valence-electron chi connectivity index (χ1n) is 8.93. The number of hydrogen-bond acceptors (Lipinski definition) is 2. The van der Waals surface area contributed by atoms with Crippen molar-refractivity contribution in [3.63, 3.8) is 0 Å². The van der Waals surface area contributed by atoms with Crippen molar-refractivity contribution in [3.8, 4) is 0 Å². The lowest BCUT2D eigenvalue weighted by Crippen LogP contribution is -2.40. The average molecular weight is 438 g/mol. The SMILES string of the molecule is CCNC(=NCC(=O)N1CCCCC1)NCCCCC(C)C.I. The first-order valence-corrected chi connectivity index (χ1v) is 8.93. The molecule has 0 atom stereocenters. The molecule has 0 aromatic rings. The van der Waals surface area contributed by atoms with E-state index in [2.05, 4.69) is 29.5 Å². The summed E-state index contributed by atoms with van der Waals surface area (Å²) >= 11 is 0. The molecule has 1 aliphatic rings. The number of aliphatic imine (C=N–C) groups is 1. The molecule has 23 heavy (non-hydrogen) atoms. The summed E-state index contributed by atoms with van der Waals surface area (Å²) in [6.07, 6.45) is 7.14. The van der Waals surface area contributed by atoms with Gasteiger partial charge in [-0.25, -0.2) is 4.99 Å². The van der Waals surface area contributed by atoms with Crippen LogP contribution in [0.3, 0.4) is 0 Å². The average Bonchev–Trinajstić information content (AvgIpc) is 2.52. The third kappa shape index (κ3) is 10.8. The maximum atomic E-state index is 12.1. The van der Waals surface area contributed by atoms with E-state index in [-0.39, 0.29) is 36.4 Å². The van der Waals surface area contributed by atoms with Gasteiger partial charge in [0.25, 0.3) is 0 Å². The van der Waals surface area contributed by atoms with Crippen LogP contribution in [-0.2, 0) is 4.79 Å². The predicted octanol–water partition coefficient (Wildman–Crippen LogP) is 3.00. The number of guanidine groups is 1. The molecule has 136 valence electrons. The summed E-state index contributed by atoms with van der Waals surface area (Å²) < 4.78 is 0. The number of carbonyl (C=O) groups excluding carboxylic acids is 1. The molecule has 0 unspecified atom stereocenters. The van der Waals surface area contributed by atoms with E-state index in [0.29, 0.717) is 0 Å². The zero-order valence-electron chi connectivity index (χ0n) is 15.1. The van der Waals surface area contributed by atoms with Crippen molar-refractivity contribution < 1.29 is 4.79 Å². The number of hydrogen-bond donors (Lipinski definition) is 2. The second kappa shape index (κ2) is 13.9. The van der Waals surface area contributed by atoms with Crippen LogP contribution in [0.2, 0.25) is 0 Å². The van der Waals surface area contributed by atoms with Crippen LogP contribution in [0.15, 0.2) is 4.99 Å². The Balaban J connectivity index is 0.00000484. The molecule has 0 aliphatic carbocycles. The zero-order chi connectivity index (χ0) is 16.2. The lowest BCUT2D eigenvalue weighted by Gasteiger charge is -2.26. The molecule has 0 spiro atoms. The summed E-state index contributed by atoms with van der Waals surface area (Å²) in [5, 5.41) is 6.53. The van der Waals surface area contributed by atoms with Gasteiger partial charge in [-0.2, -0.15) is 0 Å². The molecule has 0 aromatic heterocycles. The number of rotatable bonds is 8. The fourth-order valence-electron chi connectivity index (χ4n) is 2.62. The number of nitrogens with zero attached hydrogens (tertiary/aromatic N) is 2. The van der Waals surface area contributed by atoms with Crippen LogP contribution in [0.1, 0.15) is 59.3 Å². The van der Waals surface area contributed by atoms with Gasteiger partial charge in [0, 0.05) is 26.2 Å². The molecule has 0 saturated carbocycles. The van der Waals surface area contributed by atoms with Crippen LogP contribution < -0.4 is 10.6 Å². The van der Waals surface area contributed by atoms with E-state index in [1.54, 1.807) is 0 Å². The quantitative estimate of drug-likeness (QED) is 0.265. The summed E-state index contributed by atoms with van der Waals surface area (Å²) in [6, 6.07) is 0. The molecule has 1 aliphatic heterocycles.